The number of ether oxygens (including phenoxy) is 13. The van der Waals surface area contributed by atoms with Gasteiger partial charge in [-0.1, -0.05) is 80.3 Å². The van der Waals surface area contributed by atoms with E-state index < -0.39 is 11.2 Å². The first-order valence-electron chi connectivity index (χ1n) is 42.0. The topological polar surface area (TPSA) is 456 Å². The molecule has 0 saturated heterocycles. The van der Waals surface area contributed by atoms with Gasteiger partial charge in [-0.15, -0.1) is 0 Å². The summed E-state index contributed by atoms with van der Waals surface area (Å²) in [5.41, 5.74) is 33.2. The summed E-state index contributed by atoms with van der Waals surface area (Å²) < 4.78 is 74.8. The molecule has 0 atom stereocenters. The summed E-state index contributed by atoms with van der Waals surface area (Å²) in [4.78, 5) is 62.9. The number of nitrogens with one attached hydrogen (secondary N) is 2. The Balaban J connectivity index is 0.000000317. The lowest BCUT2D eigenvalue weighted by molar-refractivity contribution is -0.157. The molecule has 8 aromatic rings. The van der Waals surface area contributed by atoms with E-state index in [9.17, 15) is 19.6 Å². The highest BCUT2D eigenvalue weighted by molar-refractivity contribution is 6.07. The number of hydrogen-bond donors (Lipinski definition) is 5. The zero-order valence-electron chi connectivity index (χ0n) is 72.6. The van der Waals surface area contributed by atoms with Crippen LogP contribution in [0.3, 0.4) is 0 Å². The number of benzene rings is 4. The molecule has 4 heterocycles. The van der Waals surface area contributed by atoms with Gasteiger partial charge in [0.05, 0.1) is 209 Å². The summed E-state index contributed by atoms with van der Waals surface area (Å²) >= 11 is 0. The maximum atomic E-state index is 11.9. The number of isocyanates is 1. The maximum absolute atomic E-state index is 11.9. The van der Waals surface area contributed by atoms with E-state index in [2.05, 4.69) is 76.8 Å². The number of anilines is 3. The number of unbranched alkanes of at least 4 members (excludes halogenated alkanes) is 4. The van der Waals surface area contributed by atoms with Crippen LogP contribution in [0.15, 0.2) is 112 Å². The van der Waals surface area contributed by atoms with Crippen LogP contribution in [0.5, 0.6) is 0 Å². The number of para-hydroxylation sites is 2. The van der Waals surface area contributed by atoms with E-state index in [4.69, 9.17) is 105 Å². The van der Waals surface area contributed by atoms with E-state index in [1.807, 2.05) is 96.1 Å². The highest BCUT2D eigenvalue weighted by Gasteiger charge is 2.21. The van der Waals surface area contributed by atoms with E-state index >= 15 is 0 Å². The monoisotopic (exact) mass is 1690 g/mol. The highest BCUT2D eigenvalue weighted by Crippen LogP contribution is 2.32. The lowest BCUT2D eigenvalue weighted by Gasteiger charge is -2.19. The van der Waals surface area contributed by atoms with Gasteiger partial charge in [0.2, 0.25) is 6.08 Å². The maximum Gasteiger partial charge on any atom is 0.308 e. The zero-order chi connectivity index (χ0) is 88.1. The molecule has 4 aromatic carbocycles. The van der Waals surface area contributed by atoms with Gasteiger partial charge >= 0.3 is 11.9 Å². The average molecular weight is 1690 g/mol. The highest BCUT2D eigenvalue weighted by atomic mass is 16.6. The second kappa shape index (κ2) is 61.9. The number of imidazole rings is 2. The second-order valence-electron chi connectivity index (χ2n) is 29.4. The predicted octanol–water partition coefficient (Wildman–Crippen LogP) is 12.9. The number of azide groups is 1. The number of guanidine groups is 1. The van der Waals surface area contributed by atoms with Crippen LogP contribution < -0.4 is 27.8 Å². The molecule has 0 aliphatic rings. The lowest BCUT2D eigenvalue weighted by Crippen LogP contribution is -2.34. The number of fused-ring (bicyclic) bond motifs is 6. The molecule has 8 N–H and O–H groups in total. The van der Waals surface area contributed by atoms with Crippen molar-refractivity contribution in [2.24, 2.45) is 20.8 Å². The van der Waals surface area contributed by atoms with Gasteiger partial charge in [0.15, 0.2) is 17.6 Å². The minimum absolute atomic E-state index is 0.197. The number of hydrogen-bond acceptors (Lipinski definition) is 28. The molecule has 8 rings (SSSR count). The molecule has 0 saturated carbocycles. The minimum atomic E-state index is -0.512. The normalized spacial score (nSPS) is 11.4. The van der Waals surface area contributed by atoms with Crippen LogP contribution in [0.25, 0.3) is 54.3 Å². The third-order valence-corrected chi connectivity index (χ3v) is 17.2. The number of pyridine rings is 2. The van der Waals surface area contributed by atoms with Crippen molar-refractivity contribution in [3.8, 4) is 12.1 Å². The first-order valence-corrected chi connectivity index (χ1v) is 42.0. The van der Waals surface area contributed by atoms with E-state index in [0.717, 1.165) is 145 Å². The summed E-state index contributed by atoms with van der Waals surface area (Å²) in [6, 6.07) is 34.0. The minimum Gasteiger partial charge on any atom is -0.460 e. The van der Waals surface area contributed by atoms with Gasteiger partial charge < -0.3 is 98.5 Å². The fraction of sp³-hybridized carbons (Fsp3) is 0.568. The van der Waals surface area contributed by atoms with Crippen LogP contribution in [0.4, 0.5) is 23.0 Å². The van der Waals surface area contributed by atoms with Crippen molar-refractivity contribution < 1.29 is 76.0 Å². The third kappa shape index (κ3) is 42.9. The Morgan fingerprint density at radius 3 is 1.33 bits per heavy atom. The summed E-state index contributed by atoms with van der Waals surface area (Å²) in [6.07, 6.45) is 11.9. The van der Waals surface area contributed by atoms with Crippen molar-refractivity contribution in [1.29, 1.82) is 10.5 Å². The first-order chi connectivity index (χ1) is 59.3. The largest absolute Gasteiger partial charge is 0.460 e. The lowest BCUT2D eigenvalue weighted by atomic mass is 10.2. The molecule has 0 fully saturated rings. The number of nitriles is 2. The van der Waals surface area contributed by atoms with Gasteiger partial charge in [0, 0.05) is 66.9 Å². The number of aryl methyl sites for hydroxylation is 4. The van der Waals surface area contributed by atoms with Gasteiger partial charge in [-0.3, -0.25) is 14.6 Å². The van der Waals surface area contributed by atoms with E-state index in [0.29, 0.717) is 193 Å². The summed E-state index contributed by atoms with van der Waals surface area (Å²) in [5.74, 6) is 3.18. The summed E-state index contributed by atoms with van der Waals surface area (Å²) in [7, 11) is 0. The fourth-order valence-electron chi connectivity index (χ4n) is 11.6. The number of rotatable bonds is 56. The number of carbonyl (C=O) groups is 2. The molecule has 34 nitrogen and oxygen atoms in total. The van der Waals surface area contributed by atoms with Crippen LogP contribution in [-0.2, 0) is 102 Å². The summed E-state index contributed by atoms with van der Waals surface area (Å²) in [5, 5.41) is 29.9. The Bertz CT molecular complexity index is 4520. The standard InChI is InChI=1S/C35H46N8O3.C27H53N3O12.C18H25N5.C8H4N2O/c1-5-6-16-29-42-31-32(27-14-7-8-15-28(27)41-33(31)37)43(29)20-10-9-18-38-34(40-26-13-11-12-25(23-26)24-36)39-19-22-45-21-17-30(44)46-35(2,3)4;1-27(2,3)42-26(31)4-6-32-8-10-34-12-14-36-16-18-38-20-22-40-24-25-41-23-21-39-19-17-37-15-13-35-11-9-33-7-5-29-30-28;1-2-3-10-15-22-16-17(23(15)12-7-6-11-19)13-8-4-5-9-14(13)21-18(16)20;9-5-7-2-1-3-8(4-7)10-6-11/h7-8,11-15,23H,5-6,9-10,16-22H2,1-4H3,(H2,37,41)(H2,38,39,40);4-25H2,1-3H3;4-5,8-9H,2-3,6-7,10-12,19H2,1H3,(H2,20,21);1-4H. The quantitative estimate of drug-likeness (QED) is 0.00345. The average Bonchev–Trinajstić information content (AvgIpc) is 1.61. The smallest absolute Gasteiger partial charge is 0.308 e. The molecule has 0 aliphatic carbocycles. The number of aromatic nitrogens is 6. The Morgan fingerprint density at radius 1 is 0.500 bits per heavy atom. The Labute approximate surface area is 716 Å². The molecular formula is C88H128N18O16. The molecule has 0 amide bonds. The molecule has 0 radical (unpaired) electrons. The second-order valence-corrected chi connectivity index (χ2v) is 29.4. The Kier molecular flexibility index (Phi) is 51.8. The third-order valence-electron chi connectivity index (χ3n) is 17.2. The van der Waals surface area contributed by atoms with Crippen LogP contribution in [0.2, 0.25) is 0 Å². The van der Waals surface area contributed by atoms with Crippen molar-refractivity contribution >= 4 is 90.9 Å². The van der Waals surface area contributed by atoms with E-state index in [1.165, 1.54) is 12.1 Å². The molecule has 34 heteroatoms. The van der Waals surface area contributed by atoms with Gasteiger partial charge in [-0.25, -0.2) is 24.7 Å². The number of esters is 2. The number of carbonyl (C=O) groups excluding carboxylic acids is 3. The van der Waals surface area contributed by atoms with Crippen molar-refractivity contribution in [2.45, 2.75) is 157 Å². The molecule has 0 aliphatic heterocycles. The number of nitrogen functional groups attached to an aromatic ring is 2. The molecule has 0 unspecified atom stereocenters. The first kappa shape index (κ1) is 102. The zero-order valence-corrected chi connectivity index (χ0v) is 72.6. The molecule has 122 heavy (non-hydrogen) atoms. The van der Waals surface area contributed by atoms with E-state index in [1.54, 1.807) is 30.3 Å². The van der Waals surface area contributed by atoms with Gasteiger partial charge in [0.25, 0.3) is 0 Å². The van der Waals surface area contributed by atoms with Gasteiger partial charge in [0.1, 0.15) is 33.9 Å². The molecular weight excluding hydrogens is 1570 g/mol. The van der Waals surface area contributed by atoms with Gasteiger partial charge in [-0.2, -0.15) is 15.5 Å². The number of nitrogens with two attached hydrogens (primary N) is 3. The number of nitrogens with zero attached hydrogens (tertiary/aromatic N) is 13. The van der Waals surface area contributed by atoms with Crippen LogP contribution >= 0.6 is 0 Å². The molecule has 4 aromatic heterocycles. The Hall–Kier alpha value is -10.4. The molecule has 0 bridgehead atoms. The fourth-order valence-corrected chi connectivity index (χ4v) is 11.6. The SMILES string of the molecule is CC(C)(C)OC(=O)CCOCCOCCOCCOCCOCCOCCOCCOCCOCCOCCN=[N+]=[N-].CCCCc1nc2c(N)nc3ccccc3c2n1CCCCN.CCCCc1nc2c(N)nc3ccccc3c2n1CCCCN=C(NCCOCCC(=O)OC(C)(C)C)Nc1cccc(C#N)c1.N#Cc1cccc(N=C=O)c1. The van der Waals surface area contributed by atoms with Crippen LogP contribution in [0, 0.1) is 22.7 Å². The van der Waals surface area contributed by atoms with E-state index in [-0.39, 0.29) is 31.4 Å². The van der Waals surface area contributed by atoms with Crippen molar-refractivity contribution in [3.05, 3.63) is 130 Å². The van der Waals surface area contributed by atoms with Crippen molar-refractivity contribution in [2.75, 3.05) is 188 Å². The van der Waals surface area contributed by atoms with Crippen molar-refractivity contribution in [1.82, 2.24) is 34.4 Å². The van der Waals surface area contributed by atoms with Crippen LogP contribution in [-0.4, -0.2) is 236 Å². The van der Waals surface area contributed by atoms with Gasteiger partial charge in [-0.05, 0) is 141 Å². The molecule has 0 spiro atoms. The molecule has 666 valence electrons. The van der Waals surface area contributed by atoms with Crippen LogP contribution in [0.1, 0.15) is 142 Å². The summed E-state index contributed by atoms with van der Waals surface area (Å²) in [6.45, 7) is 29.2. The Morgan fingerprint density at radius 2 is 0.910 bits per heavy atom. The number of aliphatic imine (C=N–C) groups is 2. The van der Waals surface area contributed by atoms with Crippen molar-refractivity contribution in [3.63, 3.8) is 0 Å². The predicted molar refractivity (Wildman–Crippen MR) is 472 cm³/mol.